The third-order valence-corrected chi connectivity index (χ3v) is 9.39. The van der Waals surface area contributed by atoms with Crippen molar-refractivity contribution >= 4 is 8.07 Å². The molecule has 2 aliphatic rings. The molecule has 17 heavy (non-hydrogen) atoms. The van der Waals surface area contributed by atoms with Crippen LogP contribution in [0.15, 0.2) is 23.3 Å². The third-order valence-electron chi connectivity index (χ3n) is 4.81. The highest BCUT2D eigenvalue weighted by molar-refractivity contribution is 6.82. The van der Waals surface area contributed by atoms with Crippen LogP contribution < -0.4 is 0 Å². The highest BCUT2D eigenvalue weighted by Gasteiger charge is 2.55. The van der Waals surface area contributed by atoms with E-state index < -0.39 is 8.07 Å². The number of hydrogen-bond donors (Lipinski definition) is 0. The molecule has 0 aromatic heterocycles. The van der Waals surface area contributed by atoms with E-state index in [-0.39, 0.29) is 0 Å². The molecule has 0 saturated carbocycles. The molecule has 1 aliphatic heterocycles. The van der Waals surface area contributed by atoms with Crippen LogP contribution in [-0.2, 0) is 0 Å². The van der Waals surface area contributed by atoms with E-state index in [1.54, 1.807) is 11.1 Å². The van der Waals surface area contributed by atoms with Crippen LogP contribution >= 0.6 is 0 Å². The molecule has 1 fully saturated rings. The summed E-state index contributed by atoms with van der Waals surface area (Å²) < 4.78 is 0. The summed E-state index contributed by atoms with van der Waals surface area (Å²) in [6.45, 7) is 17.0. The number of allylic oxidation sites excluding steroid dienone is 4. The Morgan fingerprint density at radius 2 is 1.76 bits per heavy atom. The van der Waals surface area contributed by atoms with Gasteiger partial charge in [-0.05, 0) is 42.7 Å². The minimum absolute atomic E-state index is 0.472. The van der Waals surface area contributed by atoms with Crippen LogP contribution in [0.4, 0.5) is 0 Å². The van der Waals surface area contributed by atoms with Gasteiger partial charge >= 0.3 is 0 Å². The van der Waals surface area contributed by atoms with E-state index in [1.165, 1.54) is 6.42 Å². The van der Waals surface area contributed by atoms with Crippen LogP contribution in [0.3, 0.4) is 0 Å². The molecule has 0 amide bonds. The predicted molar refractivity (Wildman–Crippen MR) is 80.1 cm³/mol. The topological polar surface area (TPSA) is 0 Å². The van der Waals surface area contributed by atoms with Crippen molar-refractivity contribution < 1.29 is 0 Å². The molecule has 0 aromatic rings. The monoisotopic (exact) mass is 248 g/mol. The van der Waals surface area contributed by atoms with Gasteiger partial charge in [0, 0.05) is 0 Å². The van der Waals surface area contributed by atoms with Crippen molar-refractivity contribution in [1.82, 2.24) is 0 Å². The molecule has 0 radical (unpaired) electrons. The Bertz CT molecular complexity index is 375. The largest absolute Gasteiger partial charge is 0.0834 e. The maximum atomic E-state index is 2.61. The minimum atomic E-state index is -1.13. The fourth-order valence-electron chi connectivity index (χ4n) is 4.03. The zero-order valence-corrected chi connectivity index (χ0v) is 13.6. The Kier molecular flexibility index (Phi) is 2.97. The molecular formula is C16H28Si. The first-order chi connectivity index (χ1) is 7.64. The molecule has 2 rings (SSSR count). The first-order valence-electron chi connectivity index (χ1n) is 7.00. The van der Waals surface area contributed by atoms with Gasteiger partial charge in [0.1, 0.15) is 0 Å². The lowest BCUT2D eigenvalue weighted by Crippen LogP contribution is -2.36. The Morgan fingerprint density at radius 3 is 2.18 bits per heavy atom. The smallest absolute Gasteiger partial charge is 0.0631 e. The number of hydrogen-bond acceptors (Lipinski definition) is 0. The second-order valence-corrected chi connectivity index (χ2v) is 13.0. The van der Waals surface area contributed by atoms with Crippen molar-refractivity contribution in [1.29, 1.82) is 0 Å². The van der Waals surface area contributed by atoms with Gasteiger partial charge in [0.25, 0.3) is 0 Å². The van der Waals surface area contributed by atoms with Crippen LogP contribution in [-0.4, -0.2) is 8.07 Å². The summed E-state index contributed by atoms with van der Waals surface area (Å²) in [5, 5.41) is 0. The SMILES string of the molecule is CC(C)=C1[C@H]2C=C[C@@H]1[C@H](CC(C)(C)C)[Si]2(C)C. The highest BCUT2D eigenvalue weighted by atomic mass is 28.3. The lowest BCUT2D eigenvalue weighted by atomic mass is 9.84. The zero-order valence-electron chi connectivity index (χ0n) is 12.6. The van der Waals surface area contributed by atoms with Crippen molar-refractivity contribution in [3.05, 3.63) is 23.3 Å². The lowest BCUT2D eigenvalue weighted by molar-refractivity contribution is 0.351. The van der Waals surface area contributed by atoms with E-state index in [0.29, 0.717) is 5.41 Å². The molecule has 3 atom stereocenters. The second kappa shape index (κ2) is 3.84. The van der Waals surface area contributed by atoms with E-state index in [4.69, 9.17) is 0 Å². The number of rotatable bonds is 1. The molecule has 96 valence electrons. The van der Waals surface area contributed by atoms with Gasteiger partial charge in [-0.1, -0.05) is 57.2 Å². The first kappa shape index (κ1) is 13.1. The third kappa shape index (κ3) is 2.07. The van der Waals surface area contributed by atoms with Crippen molar-refractivity contribution in [3.8, 4) is 0 Å². The molecule has 1 heterocycles. The first-order valence-corrected chi connectivity index (χ1v) is 10.2. The van der Waals surface area contributed by atoms with E-state index in [2.05, 4.69) is 59.9 Å². The van der Waals surface area contributed by atoms with E-state index in [0.717, 1.165) is 17.0 Å². The Hall–Kier alpha value is -0.303. The normalized spacial score (nSPS) is 34.5. The summed E-state index contributed by atoms with van der Waals surface area (Å²) in [5.41, 5.74) is 5.64. The predicted octanol–water partition coefficient (Wildman–Crippen LogP) is 5.41. The van der Waals surface area contributed by atoms with Crippen molar-refractivity contribution in [3.63, 3.8) is 0 Å². The van der Waals surface area contributed by atoms with Gasteiger partial charge < -0.3 is 0 Å². The van der Waals surface area contributed by atoms with E-state index >= 15 is 0 Å². The minimum Gasteiger partial charge on any atom is -0.0834 e. The molecule has 0 unspecified atom stereocenters. The average molecular weight is 248 g/mol. The molecule has 0 nitrogen and oxygen atoms in total. The second-order valence-electron chi connectivity index (χ2n) is 8.04. The van der Waals surface area contributed by atoms with Gasteiger partial charge in [0.2, 0.25) is 0 Å². The Morgan fingerprint density at radius 1 is 1.18 bits per heavy atom. The lowest BCUT2D eigenvalue weighted by Gasteiger charge is -2.37. The quantitative estimate of drug-likeness (QED) is 0.430. The van der Waals surface area contributed by atoms with Gasteiger partial charge in [0.05, 0.1) is 8.07 Å². The molecule has 0 spiro atoms. The summed E-state index contributed by atoms with van der Waals surface area (Å²) in [4.78, 5) is 0. The fourth-order valence-corrected chi connectivity index (χ4v) is 8.74. The summed E-state index contributed by atoms with van der Waals surface area (Å²) in [7, 11) is -1.13. The fraction of sp³-hybridized carbons (Fsp3) is 0.750. The van der Waals surface area contributed by atoms with Gasteiger partial charge in [-0.15, -0.1) is 0 Å². The molecule has 2 bridgehead atoms. The standard InChI is InChI=1S/C16H28Si/c1-11(2)15-12-8-9-13(15)17(6,7)14(12)10-16(3,4)5/h8-9,12-14H,10H2,1-7H3/t12-,13-,14+/m1/s1. The molecule has 1 aliphatic carbocycles. The summed E-state index contributed by atoms with van der Waals surface area (Å²) in [6, 6.07) is 0. The summed E-state index contributed by atoms with van der Waals surface area (Å²) in [6.07, 6.45) is 6.44. The van der Waals surface area contributed by atoms with Crippen LogP contribution in [0.5, 0.6) is 0 Å². The van der Waals surface area contributed by atoms with Crippen molar-refractivity contribution in [2.45, 2.75) is 65.2 Å². The average Bonchev–Trinajstić information content (AvgIpc) is 2.61. The summed E-state index contributed by atoms with van der Waals surface area (Å²) >= 11 is 0. The Labute approximate surface area is 108 Å². The maximum absolute atomic E-state index is 2.61. The van der Waals surface area contributed by atoms with Gasteiger partial charge in [-0.3, -0.25) is 0 Å². The maximum Gasteiger partial charge on any atom is 0.0631 e. The van der Waals surface area contributed by atoms with Crippen LogP contribution in [0, 0.1) is 11.3 Å². The number of fused-ring (bicyclic) bond motifs is 2. The molecular weight excluding hydrogens is 220 g/mol. The van der Waals surface area contributed by atoms with Gasteiger partial charge in [-0.25, -0.2) is 0 Å². The van der Waals surface area contributed by atoms with Crippen molar-refractivity contribution in [2.24, 2.45) is 11.3 Å². The zero-order chi connectivity index (χ0) is 13.0. The molecule has 0 N–H and O–H groups in total. The van der Waals surface area contributed by atoms with E-state index in [9.17, 15) is 0 Å². The Balaban J connectivity index is 2.37. The van der Waals surface area contributed by atoms with Crippen LogP contribution in [0.2, 0.25) is 24.2 Å². The summed E-state index contributed by atoms with van der Waals surface area (Å²) in [5.74, 6) is 0.783. The highest BCUT2D eigenvalue weighted by Crippen LogP contribution is 2.63. The van der Waals surface area contributed by atoms with Crippen LogP contribution in [0.1, 0.15) is 41.0 Å². The van der Waals surface area contributed by atoms with Gasteiger partial charge in [0.15, 0.2) is 0 Å². The molecule has 0 aromatic carbocycles. The molecule has 1 saturated heterocycles. The van der Waals surface area contributed by atoms with E-state index in [1.807, 2.05) is 0 Å². The van der Waals surface area contributed by atoms with Crippen molar-refractivity contribution in [2.75, 3.05) is 0 Å². The molecule has 1 heteroatoms. The van der Waals surface area contributed by atoms with Gasteiger partial charge in [-0.2, -0.15) is 0 Å². The van der Waals surface area contributed by atoms with Crippen LogP contribution in [0.25, 0.3) is 0 Å².